The minimum absolute atomic E-state index is 0.413. The van der Waals surface area contributed by atoms with Gasteiger partial charge in [-0.05, 0) is 111 Å². The van der Waals surface area contributed by atoms with Crippen molar-refractivity contribution in [3.63, 3.8) is 0 Å². The maximum atomic E-state index is 11.8. The van der Waals surface area contributed by atoms with Crippen LogP contribution in [0.3, 0.4) is 0 Å². The summed E-state index contributed by atoms with van der Waals surface area (Å²) in [6.45, 7) is 0. The van der Waals surface area contributed by atoms with Gasteiger partial charge in [0, 0.05) is 0 Å². The molecule has 0 saturated heterocycles. The van der Waals surface area contributed by atoms with Crippen LogP contribution in [0.4, 0.5) is 0 Å². The molecule has 0 saturated carbocycles. The van der Waals surface area contributed by atoms with Gasteiger partial charge in [-0.3, -0.25) is 18.3 Å². The van der Waals surface area contributed by atoms with Gasteiger partial charge >= 0.3 is 30.4 Å². The molecule has 8 aromatic rings. The Bertz CT molecular complexity index is 2690. The van der Waals surface area contributed by atoms with Crippen LogP contribution >= 0.6 is 30.4 Å². The van der Waals surface area contributed by atoms with E-state index in [0.717, 1.165) is 76.8 Å². The quantitative estimate of drug-likeness (QED) is 0.0423. The molecule has 0 atom stereocenters. The Morgan fingerprint density at radius 1 is 0.283 bits per heavy atom. The van der Waals surface area contributed by atoms with Crippen LogP contribution in [0.25, 0.3) is 76.8 Å². The first-order valence-corrected chi connectivity index (χ1v) is 25.7. The standard InChI is InChI=1S/C44H38O12P4/c45-57(46,47)23-27-1-9-31(10-2-27)39-21-40(32-11-3-28(4-12-32)24-58(48,49)50)36-19-20-38-42(34-15-7-30(8-16-34)26-60(54,55)56)22-41(37-18-17-35(39)43(36)44(37)38)33-13-5-29(6-14-33)25-59(51,52)53/h1-22H,23-26H2,(H2,45,46,47)(H2,48,49,50)(H2,51,52,53)(H2,54,55,56). The van der Waals surface area contributed by atoms with E-state index in [1.165, 1.54) is 0 Å². The molecular weight excluding hydrogens is 844 g/mol. The van der Waals surface area contributed by atoms with Crippen molar-refractivity contribution in [2.45, 2.75) is 24.6 Å². The molecule has 0 aliphatic carbocycles. The fraction of sp³-hybridized carbons (Fsp3) is 0.0909. The van der Waals surface area contributed by atoms with Crippen molar-refractivity contribution in [3.05, 3.63) is 156 Å². The number of rotatable bonds is 12. The highest BCUT2D eigenvalue weighted by atomic mass is 31.2. The minimum atomic E-state index is -4.32. The molecule has 12 nitrogen and oxygen atoms in total. The Kier molecular flexibility index (Phi) is 11.0. The summed E-state index contributed by atoms with van der Waals surface area (Å²) < 4.78 is 47.3. The van der Waals surface area contributed by atoms with Gasteiger partial charge in [-0.1, -0.05) is 121 Å². The molecule has 0 unspecified atom stereocenters. The highest BCUT2D eigenvalue weighted by molar-refractivity contribution is 7.51. The molecule has 0 amide bonds. The lowest BCUT2D eigenvalue weighted by molar-refractivity contribution is 0.369. The lowest BCUT2D eigenvalue weighted by Crippen LogP contribution is -1.95. The normalized spacial score (nSPS) is 12.9. The highest BCUT2D eigenvalue weighted by Gasteiger charge is 2.23. The van der Waals surface area contributed by atoms with Gasteiger partial charge in [0.25, 0.3) is 0 Å². The topological polar surface area (TPSA) is 230 Å². The predicted molar refractivity (Wildman–Crippen MR) is 235 cm³/mol. The van der Waals surface area contributed by atoms with Crippen LogP contribution in [0.1, 0.15) is 22.3 Å². The first kappa shape index (κ1) is 42.1. The van der Waals surface area contributed by atoms with E-state index < -0.39 is 55.0 Å². The molecule has 0 spiro atoms. The number of benzene rings is 8. The van der Waals surface area contributed by atoms with Crippen molar-refractivity contribution in [1.82, 2.24) is 0 Å². The van der Waals surface area contributed by atoms with E-state index in [2.05, 4.69) is 0 Å². The molecular formula is C44H38O12P4. The maximum absolute atomic E-state index is 11.8. The summed E-state index contributed by atoms with van der Waals surface area (Å²) in [5, 5.41) is 5.31. The van der Waals surface area contributed by atoms with Gasteiger partial charge in [-0.2, -0.15) is 0 Å². The average Bonchev–Trinajstić information content (AvgIpc) is 3.15. The molecule has 16 heteroatoms. The zero-order chi connectivity index (χ0) is 42.8. The van der Waals surface area contributed by atoms with E-state index in [-0.39, 0.29) is 0 Å². The van der Waals surface area contributed by atoms with Crippen LogP contribution in [-0.2, 0) is 42.9 Å². The molecule has 0 aliphatic rings. The molecule has 8 aromatic carbocycles. The van der Waals surface area contributed by atoms with Crippen LogP contribution in [-0.4, -0.2) is 39.1 Å². The lowest BCUT2D eigenvalue weighted by atomic mass is 9.82. The second-order valence-electron chi connectivity index (χ2n) is 15.1. The predicted octanol–water partition coefficient (Wildman–Crippen LogP) is 9.96. The van der Waals surface area contributed by atoms with Gasteiger partial charge in [0.05, 0.1) is 24.6 Å². The average molecular weight is 883 g/mol. The SMILES string of the molecule is O=P(O)(O)Cc1ccc(-c2cc(-c3ccc(CP(=O)(O)O)cc3)c3ccc4c(-c5ccc(CP(=O)(O)O)cc5)cc(-c5ccc(CP(=O)(O)O)cc5)c5ccc2c3c54)cc1. The second-order valence-corrected chi connectivity index (χ2v) is 21.7. The summed E-state index contributed by atoms with van der Waals surface area (Å²) in [5.74, 6) is 0. The van der Waals surface area contributed by atoms with Gasteiger partial charge in [0.2, 0.25) is 0 Å². The fourth-order valence-corrected chi connectivity index (χ4v) is 10.8. The van der Waals surface area contributed by atoms with Crippen LogP contribution in [0.2, 0.25) is 0 Å². The molecule has 0 bridgehead atoms. The Morgan fingerprint density at radius 2 is 0.467 bits per heavy atom. The molecule has 0 radical (unpaired) electrons. The minimum Gasteiger partial charge on any atom is -0.324 e. The summed E-state index contributed by atoms with van der Waals surface area (Å²) in [6, 6.07) is 40.2. The highest BCUT2D eigenvalue weighted by Crippen LogP contribution is 2.50. The number of hydrogen-bond acceptors (Lipinski definition) is 4. The summed E-state index contributed by atoms with van der Waals surface area (Å²) in [6.07, 6.45) is -1.65. The van der Waals surface area contributed by atoms with E-state index in [9.17, 15) is 57.4 Å². The van der Waals surface area contributed by atoms with Crippen molar-refractivity contribution in [2.24, 2.45) is 0 Å². The van der Waals surface area contributed by atoms with Crippen molar-refractivity contribution in [1.29, 1.82) is 0 Å². The van der Waals surface area contributed by atoms with Crippen LogP contribution in [0, 0.1) is 0 Å². The zero-order valence-corrected chi connectivity index (χ0v) is 35.1. The third kappa shape index (κ3) is 9.32. The Labute approximate surface area is 343 Å². The third-order valence-electron chi connectivity index (χ3n) is 10.5. The first-order chi connectivity index (χ1) is 28.2. The van der Waals surface area contributed by atoms with E-state index in [1.807, 2.05) is 84.9 Å². The number of hydrogen-bond donors (Lipinski definition) is 8. The molecule has 8 N–H and O–H groups in total. The summed E-state index contributed by atoms with van der Waals surface area (Å²) in [4.78, 5) is 77.1. The molecule has 0 fully saturated rings. The van der Waals surface area contributed by atoms with Crippen molar-refractivity contribution in [3.8, 4) is 44.5 Å². The Hall–Kier alpha value is -4.60. The van der Waals surface area contributed by atoms with Crippen LogP contribution < -0.4 is 0 Å². The van der Waals surface area contributed by atoms with Crippen LogP contribution in [0.15, 0.2) is 133 Å². The lowest BCUT2D eigenvalue weighted by Gasteiger charge is -2.22. The van der Waals surface area contributed by atoms with Crippen LogP contribution in [0.5, 0.6) is 0 Å². The van der Waals surface area contributed by atoms with E-state index in [4.69, 9.17) is 0 Å². The van der Waals surface area contributed by atoms with Crippen molar-refractivity contribution >= 4 is 62.7 Å². The molecule has 0 aliphatic heterocycles. The summed E-state index contributed by atoms with van der Waals surface area (Å²) >= 11 is 0. The van der Waals surface area contributed by atoms with Crippen molar-refractivity contribution in [2.75, 3.05) is 0 Å². The van der Waals surface area contributed by atoms with Gasteiger partial charge in [0.15, 0.2) is 0 Å². The van der Waals surface area contributed by atoms with E-state index in [0.29, 0.717) is 22.3 Å². The van der Waals surface area contributed by atoms with Gasteiger partial charge in [-0.25, -0.2) is 0 Å². The summed E-state index contributed by atoms with van der Waals surface area (Å²) in [7, 11) is -17.3. The second kappa shape index (κ2) is 15.7. The van der Waals surface area contributed by atoms with Gasteiger partial charge < -0.3 is 39.1 Å². The largest absolute Gasteiger partial charge is 0.329 e. The van der Waals surface area contributed by atoms with Crippen molar-refractivity contribution < 1.29 is 57.4 Å². The Balaban J connectivity index is 1.42. The summed E-state index contributed by atoms with van der Waals surface area (Å²) in [5.41, 5.74) is 8.30. The van der Waals surface area contributed by atoms with Gasteiger partial charge in [0.1, 0.15) is 0 Å². The third-order valence-corrected chi connectivity index (χ3v) is 13.6. The van der Waals surface area contributed by atoms with E-state index in [1.54, 1.807) is 48.5 Å². The Morgan fingerprint density at radius 3 is 0.633 bits per heavy atom. The fourth-order valence-electron chi connectivity index (χ4n) is 8.06. The molecule has 306 valence electrons. The molecule has 0 heterocycles. The monoisotopic (exact) mass is 882 g/mol. The maximum Gasteiger partial charge on any atom is 0.329 e. The first-order valence-electron chi connectivity index (χ1n) is 18.5. The van der Waals surface area contributed by atoms with Gasteiger partial charge in [-0.15, -0.1) is 0 Å². The zero-order valence-electron chi connectivity index (χ0n) is 31.5. The molecule has 0 aromatic heterocycles. The molecule has 8 rings (SSSR count). The van der Waals surface area contributed by atoms with E-state index >= 15 is 0 Å². The smallest absolute Gasteiger partial charge is 0.324 e. The molecule has 60 heavy (non-hydrogen) atoms.